The molecule has 0 saturated heterocycles. The van der Waals surface area contributed by atoms with Crippen molar-refractivity contribution >= 4 is 5.78 Å². The Balaban J connectivity index is 1.64. The Hall–Kier alpha value is -0.370. The van der Waals surface area contributed by atoms with Gasteiger partial charge in [0.1, 0.15) is 5.78 Å². The Morgan fingerprint density at radius 1 is 0.952 bits per heavy atom. The van der Waals surface area contributed by atoms with Gasteiger partial charge in [-0.1, -0.05) is 13.8 Å². The lowest BCUT2D eigenvalue weighted by molar-refractivity contribution is -0.141. The molecule has 118 valence electrons. The summed E-state index contributed by atoms with van der Waals surface area (Å²) in [5.41, 5.74) is 0.598. The molecule has 21 heavy (non-hydrogen) atoms. The van der Waals surface area contributed by atoms with Crippen LogP contribution in [0.3, 0.4) is 0 Å². The van der Waals surface area contributed by atoms with Gasteiger partial charge >= 0.3 is 0 Å². The fraction of sp³-hybridized carbons (Fsp3) is 0.947. The third-order valence-electron chi connectivity index (χ3n) is 8.43. The monoisotopic (exact) mass is 290 g/mol. The van der Waals surface area contributed by atoms with E-state index >= 15 is 0 Å². The summed E-state index contributed by atoms with van der Waals surface area (Å²) in [5.74, 6) is 3.52. The van der Waals surface area contributed by atoms with Gasteiger partial charge in [0, 0.05) is 12.8 Å². The Kier molecular flexibility index (Phi) is 3.10. The minimum absolute atomic E-state index is 0.0677. The molecule has 4 aliphatic carbocycles. The molecule has 4 fully saturated rings. The van der Waals surface area contributed by atoms with Crippen LogP contribution in [-0.4, -0.2) is 17.0 Å². The molecule has 0 aliphatic heterocycles. The van der Waals surface area contributed by atoms with Gasteiger partial charge in [0.2, 0.25) is 0 Å². The predicted octanol–water partition coefficient (Wildman–Crippen LogP) is 3.96. The first-order valence-electron chi connectivity index (χ1n) is 9.15. The van der Waals surface area contributed by atoms with E-state index in [0.717, 1.165) is 43.4 Å². The van der Waals surface area contributed by atoms with Crippen LogP contribution in [0.15, 0.2) is 0 Å². The first-order chi connectivity index (χ1) is 9.95. The Morgan fingerprint density at radius 2 is 1.71 bits per heavy atom. The molecule has 0 aromatic rings. The maximum atomic E-state index is 11.9. The SMILES string of the molecule is C[C@]12CCC(=O)CC1CC[C@@H]1[C@H]2CC[C@]2(C)C(O)CC[C@@H]12. The number of carbonyl (C=O) groups is 1. The Morgan fingerprint density at radius 3 is 2.52 bits per heavy atom. The number of aliphatic hydroxyl groups excluding tert-OH is 1. The largest absolute Gasteiger partial charge is 0.393 e. The number of rotatable bonds is 0. The molecule has 4 rings (SSSR count). The van der Waals surface area contributed by atoms with Crippen LogP contribution in [0.25, 0.3) is 0 Å². The van der Waals surface area contributed by atoms with Gasteiger partial charge in [-0.05, 0) is 79.4 Å². The van der Waals surface area contributed by atoms with E-state index in [4.69, 9.17) is 0 Å². The molecule has 0 bridgehead atoms. The van der Waals surface area contributed by atoms with Crippen LogP contribution in [0.1, 0.15) is 71.6 Å². The summed E-state index contributed by atoms with van der Waals surface area (Å²) in [6.07, 6.45) is 10.0. The van der Waals surface area contributed by atoms with Crippen molar-refractivity contribution < 1.29 is 9.90 Å². The second-order valence-corrected chi connectivity index (χ2v) is 9.04. The maximum Gasteiger partial charge on any atom is 0.133 e. The fourth-order valence-corrected chi connectivity index (χ4v) is 7.02. The van der Waals surface area contributed by atoms with E-state index in [2.05, 4.69) is 13.8 Å². The highest BCUT2D eigenvalue weighted by molar-refractivity contribution is 5.79. The zero-order valence-electron chi connectivity index (χ0n) is 13.6. The van der Waals surface area contributed by atoms with E-state index in [1.54, 1.807) is 0 Å². The quantitative estimate of drug-likeness (QED) is 0.733. The molecule has 4 aliphatic rings. The molecular formula is C19H30O2. The van der Waals surface area contributed by atoms with Gasteiger partial charge in [-0.15, -0.1) is 0 Å². The van der Waals surface area contributed by atoms with Crippen molar-refractivity contribution in [2.75, 3.05) is 0 Å². The molecule has 2 nitrogen and oxygen atoms in total. The number of hydrogen-bond acceptors (Lipinski definition) is 2. The standard InChI is InChI=1S/C19H30O2/c1-18-9-7-13(20)11-12(18)3-4-14-15-5-6-17(21)19(15,2)10-8-16(14)18/h12,14-17,21H,3-11H2,1-2H3/t12?,14-,15-,16+,17?,18-,19-/m0/s1. The number of hydrogen-bond donors (Lipinski definition) is 1. The van der Waals surface area contributed by atoms with E-state index < -0.39 is 0 Å². The van der Waals surface area contributed by atoms with E-state index in [9.17, 15) is 9.90 Å². The van der Waals surface area contributed by atoms with Crippen LogP contribution < -0.4 is 0 Å². The van der Waals surface area contributed by atoms with Crippen molar-refractivity contribution in [2.24, 2.45) is 34.5 Å². The Labute approximate surface area is 128 Å². The maximum absolute atomic E-state index is 11.9. The van der Waals surface area contributed by atoms with E-state index in [0.29, 0.717) is 17.1 Å². The highest BCUT2D eigenvalue weighted by Crippen LogP contribution is 2.65. The number of carbonyl (C=O) groups excluding carboxylic acids is 1. The van der Waals surface area contributed by atoms with E-state index in [1.807, 2.05) is 0 Å². The highest BCUT2D eigenvalue weighted by Gasteiger charge is 2.59. The topological polar surface area (TPSA) is 37.3 Å². The molecule has 2 unspecified atom stereocenters. The molecule has 0 amide bonds. The second-order valence-electron chi connectivity index (χ2n) is 9.04. The minimum Gasteiger partial charge on any atom is -0.393 e. The number of Topliss-reactive ketones (excluding diaryl/α,β-unsaturated/α-hetero) is 1. The average Bonchev–Trinajstić information content (AvgIpc) is 2.76. The minimum atomic E-state index is -0.0677. The third-order valence-corrected chi connectivity index (χ3v) is 8.43. The smallest absolute Gasteiger partial charge is 0.133 e. The lowest BCUT2D eigenvalue weighted by Crippen LogP contribution is -2.54. The molecule has 4 saturated carbocycles. The molecule has 1 N–H and O–H groups in total. The zero-order valence-corrected chi connectivity index (χ0v) is 13.6. The summed E-state index contributed by atoms with van der Waals surface area (Å²) in [5, 5.41) is 10.5. The first-order valence-corrected chi connectivity index (χ1v) is 9.15. The van der Waals surface area contributed by atoms with Crippen molar-refractivity contribution in [3.05, 3.63) is 0 Å². The molecule has 0 aromatic carbocycles. The van der Waals surface area contributed by atoms with E-state index in [1.165, 1.54) is 32.1 Å². The van der Waals surface area contributed by atoms with Crippen LogP contribution in [0.5, 0.6) is 0 Å². The van der Waals surface area contributed by atoms with Gasteiger partial charge in [-0.2, -0.15) is 0 Å². The lowest BCUT2D eigenvalue weighted by atomic mass is 9.45. The zero-order chi connectivity index (χ0) is 14.8. The van der Waals surface area contributed by atoms with Crippen LogP contribution in [0.4, 0.5) is 0 Å². The predicted molar refractivity (Wildman–Crippen MR) is 82.7 cm³/mol. The normalized spacial score (nSPS) is 56.5. The van der Waals surface area contributed by atoms with Gasteiger partial charge in [-0.25, -0.2) is 0 Å². The van der Waals surface area contributed by atoms with Gasteiger partial charge < -0.3 is 5.11 Å². The first kappa shape index (κ1) is 14.2. The third kappa shape index (κ3) is 1.84. The van der Waals surface area contributed by atoms with Crippen LogP contribution >= 0.6 is 0 Å². The molecular weight excluding hydrogens is 260 g/mol. The van der Waals surface area contributed by atoms with Crippen molar-refractivity contribution in [2.45, 2.75) is 77.7 Å². The molecule has 2 heteroatoms. The van der Waals surface area contributed by atoms with Crippen molar-refractivity contribution in [1.82, 2.24) is 0 Å². The summed E-state index contributed by atoms with van der Waals surface area (Å²) in [6, 6.07) is 0. The number of fused-ring (bicyclic) bond motifs is 5. The van der Waals surface area contributed by atoms with Crippen molar-refractivity contribution in [1.29, 1.82) is 0 Å². The fourth-order valence-electron chi connectivity index (χ4n) is 7.02. The molecule has 0 aromatic heterocycles. The lowest BCUT2D eigenvalue weighted by Gasteiger charge is -2.60. The van der Waals surface area contributed by atoms with Crippen LogP contribution in [-0.2, 0) is 4.79 Å². The number of ketones is 1. The molecule has 0 heterocycles. The summed E-state index contributed by atoms with van der Waals surface area (Å²) in [4.78, 5) is 11.9. The summed E-state index contributed by atoms with van der Waals surface area (Å²) in [6.45, 7) is 4.85. The van der Waals surface area contributed by atoms with Gasteiger partial charge in [0.15, 0.2) is 0 Å². The van der Waals surface area contributed by atoms with Crippen molar-refractivity contribution in [3.63, 3.8) is 0 Å². The van der Waals surface area contributed by atoms with Gasteiger partial charge in [0.05, 0.1) is 6.10 Å². The van der Waals surface area contributed by atoms with Crippen molar-refractivity contribution in [3.8, 4) is 0 Å². The van der Waals surface area contributed by atoms with Gasteiger partial charge in [0.25, 0.3) is 0 Å². The second kappa shape index (κ2) is 4.57. The van der Waals surface area contributed by atoms with Crippen LogP contribution in [0, 0.1) is 34.5 Å². The highest BCUT2D eigenvalue weighted by atomic mass is 16.3. The molecule has 7 atom stereocenters. The van der Waals surface area contributed by atoms with Crippen LogP contribution in [0.2, 0.25) is 0 Å². The number of aliphatic hydroxyl groups is 1. The molecule has 0 spiro atoms. The summed E-state index contributed by atoms with van der Waals surface area (Å²) >= 11 is 0. The average molecular weight is 290 g/mol. The Bertz CT molecular complexity index is 458. The summed E-state index contributed by atoms with van der Waals surface area (Å²) < 4.78 is 0. The van der Waals surface area contributed by atoms with Gasteiger partial charge in [-0.3, -0.25) is 4.79 Å². The van der Waals surface area contributed by atoms with E-state index in [-0.39, 0.29) is 11.5 Å². The summed E-state index contributed by atoms with van der Waals surface area (Å²) in [7, 11) is 0. The molecule has 0 radical (unpaired) electrons.